The van der Waals surface area contributed by atoms with Crippen LogP contribution in [-0.4, -0.2) is 25.6 Å². The number of nitrogens with one attached hydrogen (secondary N) is 2. The van der Waals surface area contributed by atoms with E-state index in [1.807, 2.05) is 6.92 Å². The molecule has 1 amide bonds. The molecule has 1 aliphatic rings. The molecule has 116 valence electrons. The molecule has 6 heteroatoms. The summed E-state index contributed by atoms with van der Waals surface area (Å²) in [6.45, 7) is 0.619. The third-order valence-electron chi connectivity index (χ3n) is 3.61. The highest BCUT2D eigenvalue weighted by atomic mass is 19.3. The van der Waals surface area contributed by atoms with Gasteiger partial charge in [-0.2, -0.15) is 8.78 Å². The van der Waals surface area contributed by atoms with Crippen molar-refractivity contribution in [1.82, 2.24) is 10.6 Å². The zero-order valence-electron chi connectivity index (χ0n) is 11.9. The van der Waals surface area contributed by atoms with Crippen LogP contribution in [0.5, 0.6) is 5.75 Å². The minimum atomic E-state index is -2.85. The standard InChI is InChI=1S/C15H20F2N2O2/c1-10(19-14(20)12-5-3-7-18-9-12)11-4-2-6-13(8-11)21-15(16)17/h2,4,6,8,10,12,15,18H,3,5,7,9H2,1H3,(H,19,20)/t10?,12-/m0/s1. The lowest BCUT2D eigenvalue weighted by atomic mass is 9.98. The van der Waals surface area contributed by atoms with Gasteiger partial charge in [0.15, 0.2) is 0 Å². The second-order valence-electron chi connectivity index (χ2n) is 5.22. The minimum Gasteiger partial charge on any atom is -0.435 e. The summed E-state index contributed by atoms with van der Waals surface area (Å²) >= 11 is 0. The van der Waals surface area contributed by atoms with Crippen molar-refractivity contribution in [3.63, 3.8) is 0 Å². The fourth-order valence-corrected chi connectivity index (χ4v) is 2.45. The lowest BCUT2D eigenvalue weighted by Crippen LogP contribution is -2.41. The molecule has 4 nitrogen and oxygen atoms in total. The van der Waals surface area contributed by atoms with Crippen LogP contribution >= 0.6 is 0 Å². The van der Waals surface area contributed by atoms with Gasteiger partial charge in [0.1, 0.15) is 5.75 Å². The van der Waals surface area contributed by atoms with Gasteiger partial charge in [0.25, 0.3) is 0 Å². The van der Waals surface area contributed by atoms with E-state index in [2.05, 4.69) is 15.4 Å². The number of ether oxygens (including phenoxy) is 1. The van der Waals surface area contributed by atoms with E-state index in [1.165, 1.54) is 12.1 Å². The molecule has 21 heavy (non-hydrogen) atoms. The van der Waals surface area contributed by atoms with Crippen LogP contribution in [0.25, 0.3) is 0 Å². The minimum absolute atomic E-state index is 0.00474. The molecule has 2 rings (SSSR count). The van der Waals surface area contributed by atoms with E-state index in [0.29, 0.717) is 6.54 Å². The maximum absolute atomic E-state index is 12.2. The molecule has 0 bridgehead atoms. The van der Waals surface area contributed by atoms with Gasteiger partial charge in [-0.15, -0.1) is 0 Å². The molecular weight excluding hydrogens is 278 g/mol. The third kappa shape index (κ3) is 4.67. The van der Waals surface area contributed by atoms with Crippen LogP contribution in [0, 0.1) is 5.92 Å². The van der Waals surface area contributed by atoms with Crippen molar-refractivity contribution in [3.05, 3.63) is 29.8 Å². The summed E-state index contributed by atoms with van der Waals surface area (Å²) in [6, 6.07) is 6.16. The Morgan fingerprint density at radius 3 is 2.95 bits per heavy atom. The Morgan fingerprint density at radius 2 is 2.29 bits per heavy atom. The summed E-state index contributed by atoms with van der Waals surface area (Å²) in [4.78, 5) is 12.1. The summed E-state index contributed by atoms with van der Waals surface area (Å²) in [7, 11) is 0. The SMILES string of the molecule is CC(NC(=O)[C@H]1CCCNC1)c1cccc(OC(F)F)c1. The number of benzene rings is 1. The molecule has 2 N–H and O–H groups in total. The Hall–Kier alpha value is -1.69. The van der Waals surface area contributed by atoms with Crippen LogP contribution in [0.15, 0.2) is 24.3 Å². The summed E-state index contributed by atoms with van der Waals surface area (Å²) in [5, 5.41) is 6.12. The average Bonchev–Trinajstić information content (AvgIpc) is 2.47. The number of carbonyl (C=O) groups excluding carboxylic acids is 1. The van der Waals surface area contributed by atoms with Crippen molar-refractivity contribution in [2.75, 3.05) is 13.1 Å². The number of hydrogen-bond donors (Lipinski definition) is 2. The Balaban J connectivity index is 1.95. The molecule has 0 spiro atoms. The highest BCUT2D eigenvalue weighted by Gasteiger charge is 2.22. The second-order valence-corrected chi connectivity index (χ2v) is 5.22. The van der Waals surface area contributed by atoms with E-state index in [1.54, 1.807) is 12.1 Å². The predicted octanol–water partition coefficient (Wildman–Crippen LogP) is 2.46. The smallest absolute Gasteiger partial charge is 0.387 e. The molecule has 1 saturated heterocycles. The molecule has 1 aliphatic heterocycles. The van der Waals surface area contributed by atoms with Gasteiger partial charge in [0.2, 0.25) is 5.91 Å². The number of rotatable bonds is 5. The predicted molar refractivity (Wildman–Crippen MR) is 75.2 cm³/mol. The molecule has 0 saturated carbocycles. The van der Waals surface area contributed by atoms with Gasteiger partial charge in [-0.25, -0.2) is 0 Å². The molecule has 1 heterocycles. The summed E-state index contributed by atoms with van der Waals surface area (Å²) in [6.07, 6.45) is 1.87. The van der Waals surface area contributed by atoms with Crippen LogP contribution in [-0.2, 0) is 4.79 Å². The number of amides is 1. The largest absolute Gasteiger partial charge is 0.435 e. The number of halogens is 2. The van der Waals surface area contributed by atoms with Crippen LogP contribution < -0.4 is 15.4 Å². The molecule has 0 radical (unpaired) electrons. The Kier molecular flexibility index (Phi) is 5.50. The van der Waals surface area contributed by atoms with Crippen LogP contribution in [0.3, 0.4) is 0 Å². The molecule has 1 fully saturated rings. The maximum Gasteiger partial charge on any atom is 0.387 e. The van der Waals surface area contributed by atoms with Crippen LogP contribution in [0.4, 0.5) is 8.78 Å². The first-order valence-corrected chi connectivity index (χ1v) is 7.12. The first kappa shape index (κ1) is 15.7. The lowest BCUT2D eigenvalue weighted by molar-refractivity contribution is -0.126. The van der Waals surface area contributed by atoms with Crippen LogP contribution in [0.2, 0.25) is 0 Å². The Bertz CT molecular complexity index is 476. The molecule has 1 aromatic carbocycles. The van der Waals surface area contributed by atoms with Crippen molar-refractivity contribution < 1.29 is 18.3 Å². The van der Waals surface area contributed by atoms with E-state index >= 15 is 0 Å². The molecule has 0 aliphatic carbocycles. The first-order chi connectivity index (χ1) is 10.1. The summed E-state index contributed by atoms with van der Waals surface area (Å²) < 4.78 is 28.8. The molecular formula is C15H20F2N2O2. The van der Waals surface area contributed by atoms with E-state index in [-0.39, 0.29) is 23.6 Å². The van der Waals surface area contributed by atoms with Gasteiger partial charge in [-0.1, -0.05) is 12.1 Å². The number of piperidine rings is 1. The van der Waals surface area contributed by atoms with E-state index < -0.39 is 6.61 Å². The maximum atomic E-state index is 12.2. The quantitative estimate of drug-likeness (QED) is 0.878. The van der Waals surface area contributed by atoms with Crippen molar-refractivity contribution in [3.8, 4) is 5.75 Å². The van der Waals surface area contributed by atoms with Crippen molar-refractivity contribution in [2.45, 2.75) is 32.4 Å². The number of alkyl halides is 2. The van der Waals surface area contributed by atoms with Gasteiger partial charge >= 0.3 is 6.61 Å². The Morgan fingerprint density at radius 1 is 1.48 bits per heavy atom. The second kappa shape index (κ2) is 7.36. The van der Waals surface area contributed by atoms with Crippen molar-refractivity contribution in [2.24, 2.45) is 5.92 Å². The summed E-state index contributed by atoms with van der Waals surface area (Å²) in [5.41, 5.74) is 0.741. The van der Waals surface area contributed by atoms with E-state index in [0.717, 1.165) is 24.9 Å². The fourth-order valence-electron chi connectivity index (χ4n) is 2.45. The van der Waals surface area contributed by atoms with Gasteiger partial charge in [0.05, 0.1) is 12.0 Å². The third-order valence-corrected chi connectivity index (χ3v) is 3.61. The van der Waals surface area contributed by atoms with Gasteiger partial charge in [0, 0.05) is 6.54 Å². The lowest BCUT2D eigenvalue weighted by Gasteiger charge is -2.24. The van der Waals surface area contributed by atoms with E-state index in [4.69, 9.17) is 0 Å². The van der Waals surface area contributed by atoms with Crippen LogP contribution in [0.1, 0.15) is 31.4 Å². The molecule has 1 unspecified atom stereocenters. The normalized spacial score (nSPS) is 20.1. The van der Waals surface area contributed by atoms with Gasteiger partial charge in [-0.05, 0) is 44.0 Å². The zero-order valence-corrected chi connectivity index (χ0v) is 11.9. The molecule has 0 aromatic heterocycles. The van der Waals surface area contributed by atoms with Gasteiger partial charge in [-0.3, -0.25) is 4.79 Å². The Labute approximate surface area is 122 Å². The van der Waals surface area contributed by atoms with Crippen molar-refractivity contribution in [1.29, 1.82) is 0 Å². The topological polar surface area (TPSA) is 50.4 Å². The summed E-state index contributed by atoms with van der Waals surface area (Å²) in [5.74, 6) is 0.0690. The number of hydrogen-bond acceptors (Lipinski definition) is 3. The highest BCUT2D eigenvalue weighted by molar-refractivity contribution is 5.79. The molecule has 2 atom stereocenters. The fraction of sp³-hybridized carbons (Fsp3) is 0.533. The van der Waals surface area contributed by atoms with E-state index in [9.17, 15) is 13.6 Å². The molecule has 1 aromatic rings. The highest BCUT2D eigenvalue weighted by Crippen LogP contribution is 2.21. The van der Waals surface area contributed by atoms with Crippen molar-refractivity contribution >= 4 is 5.91 Å². The number of carbonyl (C=O) groups is 1. The zero-order chi connectivity index (χ0) is 15.2. The van der Waals surface area contributed by atoms with Gasteiger partial charge < -0.3 is 15.4 Å². The monoisotopic (exact) mass is 298 g/mol. The first-order valence-electron chi connectivity index (χ1n) is 7.12. The average molecular weight is 298 g/mol.